The Kier molecular flexibility index (Phi) is 6.11. The van der Waals surface area contributed by atoms with Crippen LogP contribution in [0.2, 0.25) is 5.02 Å². The molecule has 5 nitrogen and oxygen atoms in total. The van der Waals surface area contributed by atoms with Crippen LogP contribution in [0.1, 0.15) is 37.3 Å². The van der Waals surface area contributed by atoms with Gasteiger partial charge < -0.3 is 4.74 Å². The summed E-state index contributed by atoms with van der Waals surface area (Å²) in [5.41, 5.74) is 3.63. The number of carbonyl (C=O) groups excluding carboxylic acids is 1. The molecule has 2 aromatic carbocycles. The first-order valence-corrected chi connectivity index (χ1v) is 11.0. The van der Waals surface area contributed by atoms with Crippen LogP contribution in [0.4, 0.5) is 5.13 Å². The standard InChI is InChI=1S/C22H22ClN3O2S/c1-2-19(28-18-12-9-14-5-3-4-6-16(14)13-18)20(27)24-22-26-25-21(29-22)15-7-10-17(23)11-8-15/h7-13,19H,2-6H2,1H3,(H,24,26,27)/t19-/m0/s1. The van der Waals surface area contributed by atoms with E-state index in [1.54, 1.807) is 12.1 Å². The molecule has 1 N–H and O–H groups in total. The average Bonchev–Trinajstić information content (AvgIpc) is 3.20. The van der Waals surface area contributed by atoms with E-state index in [1.807, 2.05) is 25.1 Å². The largest absolute Gasteiger partial charge is 0.481 e. The third kappa shape index (κ3) is 4.77. The van der Waals surface area contributed by atoms with Crippen LogP contribution in [0.5, 0.6) is 5.75 Å². The molecular weight excluding hydrogens is 406 g/mol. The molecule has 1 heterocycles. The van der Waals surface area contributed by atoms with Crippen molar-refractivity contribution in [1.82, 2.24) is 10.2 Å². The number of aromatic nitrogens is 2. The van der Waals surface area contributed by atoms with E-state index in [1.165, 1.54) is 35.3 Å². The number of nitrogens with zero attached hydrogens (tertiary/aromatic N) is 2. The Morgan fingerprint density at radius 2 is 1.90 bits per heavy atom. The lowest BCUT2D eigenvalue weighted by Gasteiger charge is -2.20. The van der Waals surface area contributed by atoms with Gasteiger partial charge in [0.05, 0.1) is 0 Å². The first kappa shape index (κ1) is 19.9. The summed E-state index contributed by atoms with van der Waals surface area (Å²) < 4.78 is 6.00. The van der Waals surface area contributed by atoms with Crippen LogP contribution >= 0.6 is 22.9 Å². The zero-order valence-electron chi connectivity index (χ0n) is 16.2. The zero-order valence-corrected chi connectivity index (χ0v) is 17.7. The van der Waals surface area contributed by atoms with E-state index in [0.717, 1.165) is 29.2 Å². The second kappa shape index (κ2) is 8.93. The topological polar surface area (TPSA) is 64.1 Å². The lowest BCUT2D eigenvalue weighted by Crippen LogP contribution is -2.32. The molecule has 0 saturated heterocycles. The molecular formula is C22H22ClN3O2S. The molecule has 3 aromatic rings. The Bertz CT molecular complexity index is 1000. The summed E-state index contributed by atoms with van der Waals surface area (Å²) >= 11 is 7.25. The Morgan fingerprint density at radius 3 is 2.66 bits per heavy atom. The van der Waals surface area contributed by atoms with E-state index in [0.29, 0.717) is 16.6 Å². The van der Waals surface area contributed by atoms with Crippen LogP contribution in [0.25, 0.3) is 10.6 Å². The highest BCUT2D eigenvalue weighted by atomic mass is 35.5. The molecule has 1 aromatic heterocycles. The van der Waals surface area contributed by atoms with Gasteiger partial charge in [-0.1, -0.05) is 48.1 Å². The van der Waals surface area contributed by atoms with Gasteiger partial charge in [-0.25, -0.2) is 0 Å². The fraction of sp³-hybridized carbons (Fsp3) is 0.318. The van der Waals surface area contributed by atoms with E-state index < -0.39 is 6.10 Å². The lowest BCUT2D eigenvalue weighted by molar-refractivity contribution is -0.122. The number of benzene rings is 2. The second-order valence-corrected chi connectivity index (χ2v) is 8.47. The fourth-order valence-electron chi connectivity index (χ4n) is 3.44. The molecule has 1 aliphatic carbocycles. The Balaban J connectivity index is 1.42. The number of fused-ring (bicyclic) bond motifs is 1. The van der Waals surface area contributed by atoms with Crippen LogP contribution in [-0.2, 0) is 17.6 Å². The summed E-state index contributed by atoms with van der Waals surface area (Å²) in [5.74, 6) is 0.524. The van der Waals surface area contributed by atoms with Crippen molar-refractivity contribution >= 4 is 34.0 Å². The Morgan fingerprint density at radius 1 is 1.14 bits per heavy atom. The molecule has 1 aliphatic rings. The van der Waals surface area contributed by atoms with Gasteiger partial charge in [-0.3, -0.25) is 10.1 Å². The third-order valence-electron chi connectivity index (χ3n) is 5.01. The van der Waals surface area contributed by atoms with Crippen molar-refractivity contribution < 1.29 is 9.53 Å². The van der Waals surface area contributed by atoms with Crippen molar-refractivity contribution in [2.75, 3.05) is 5.32 Å². The predicted octanol–water partition coefficient (Wildman–Crippen LogP) is 5.53. The lowest BCUT2D eigenvalue weighted by atomic mass is 9.92. The molecule has 0 aliphatic heterocycles. The number of anilines is 1. The molecule has 0 spiro atoms. The van der Waals surface area contributed by atoms with Gasteiger partial charge in [0, 0.05) is 10.6 Å². The molecule has 29 heavy (non-hydrogen) atoms. The molecule has 0 unspecified atom stereocenters. The number of rotatable bonds is 6. The molecule has 0 radical (unpaired) electrons. The minimum Gasteiger partial charge on any atom is -0.481 e. The summed E-state index contributed by atoms with van der Waals surface area (Å²) in [6.45, 7) is 1.93. The molecule has 4 rings (SSSR count). The summed E-state index contributed by atoms with van der Waals surface area (Å²) in [7, 11) is 0. The number of hydrogen-bond acceptors (Lipinski definition) is 5. The molecule has 1 amide bonds. The monoisotopic (exact) mass is 427 g/mol. The van der Waals surface area contributed by atoms with Crippen molar-refractivity contribution in [3.8, 4) is 16.3 Å². The van der Waals surface area contributed by atoms with Gasteiger partial charge in [0.1, 0.15) is 10.8 Å². The number of carbonyl (C=O) groups is 1. The third-order valence-corrected chi connectivity index (χ3v) is 6.15. The molecule has 0 bridgehead atoms. The van der Waals surface area contributed by atoms with Gasteiger partial charge in [0.25, 0.3) is 5.91 Å². The summed E-state index contributed by atoms with van der Waals surface area (Å²) in [4.78, 5) is 12.7. The van der Waals surface area contributed by atoms with Gasteiger partial charge in [-0.05, 0) is 67.5 Å². The normalized spacial score (nSPS) is 14.1. The van der Waals surface area contributed by atoms with Crippen molar-refractivity contribution in [2.24, 2.45) is 0 Å². The molecule has 1 atom stereocenters. The molecule has 0 saturated carbocycles. The number of hydrogen-bond donors (Lipinski definition) is 1. The highest BCUT2D eigenvalue weighted by molar-refractivity contribution is 7.18. The predicted molar refractivity (Wildman–Crippen MR) is 117 cm³/mol. The maximum atomic E-state index is 12.7. The maximum absolute atomic E-state index is 12.7. The van der Waals surface area contributed by atoms with Crippen LogP contribution in [-0.4, -0.2) is 22.2 Å². The number of ether oxygens (including phenoxy) is 1. The van der Waals surface area contributed by atoms with Crippen LogP contribution in [0.15, 0.2) is 42.5 Å². The van der Waals surface area contributed by atoms with Crippen molar-refractivity contribution in [1.29, 1.82) is 0 Å². The minimum absolute atomic E-state index is 0.218. The molecule has 150 valence electrons. The highest BCUT2D eigenvalue weighted by Gasteiger charge is 2.21. The van der Waals surface area contributed by atoms with E-state index >= 15 is 0 Å². The SMILES string of the molecule is CC[C@H](Oc1ccc2c(c1)CCCC2)C(=O)Nc1nnc(-c2ccc(Cl)cc2)s1. The summed E-state index contributed by atoms with van der Waals surface area (Å²) in [6, 6.07) is 13.5. The van der Waals surface area contributed by atoms with Crippen molar-refractivity contribution in [3.05, 3.63) is 58.6 Å². The van der Waals surface area contributed by atoms with Gasteiger partial charge in [-0.15, -0.1) is 10.2 Å². The Hall–Kier alpha value is -2.44. The number of aryl methyl sites for hydroxylation is 2. The van der Waals surface area contributed by atoms with E-state index in [2.05, 4.69) is 27.6 Å². The Labute approximate surface area is 179 Å². The molecule has 7 heteroatoms. The van der Waals surface area contributed by atoms with Gasteiger partial charge in [0.15, 0.2) is 6.10 Å². The van der Waals surface area contributed by atoms with Crippen LogP contribution in [0, 0.1) is 0 Å². The van der Waals surface area contributed by atoms with Gasteiger partial charge >= 0.3 is 0 Å². The molecule has 0 fully saturated rings. The first-order chi connectivity index (χ1) is 14.1. The number of amides is 1. The average molecular weight is 428 g/mol. The summed E-state index contributed by atoms with van der Waals surface area (Å²) in [6.07, 6.45) is 4.63. The van der Waals surface area contributed by atoms with E-state index in [-0.39, 0.29) is 5.91 Å². The zero-order chi connectivity index (χ0) is 20.2. The van der Waals surface area contributed by atoms with E-state index in [4.69, 9.17) is 16.3 Å². The van der Waals surface area contributed by atoms with Crippen LogP contribution < -0.4 is 10.1 Å². The van der Waals surface area contributed by atoms with E-state index in [9.17, 15) is 4.79 Å². The van der Waals surface area contributed by atoms with Crippen LogP contribution in [0.3, 0.4) is 0 Å². The second-order valence-electron chi connectivity index (χ2n) is 7.06. The summed E-state index contributed by atoms with van der Waals surface area (Å²) in [5, 5.41) is 12.9. The first-order valence-electron chi connectivity index (χ1n) is 9.81. The smallest absolute Gasteiger partial charge is 0.267 e. The van der Waals surface area contributed by atoms with Gasteiger partial charge in [0.2, 0.25) is 5.13 Å². The maximum Gasteiger partial charge on any atom is 0.267 e. The number of nitrogens with one attached hydrogen (secondary N) is 1. The number of halogens is 1. The highest BCUT2D eigenvalue weighted by Crippen LogP contribution is 2.28. The minimum atomic E-state index is -0.584. The quantitative estimate of drug-likeness (QED) is 0.561. The van der Waals surface area contributed by atoms with Gasteiger partial charge in [-0.2, -0.15) is 0 Å². The van der Waals surface area contributed by atoms with Crippen molar-refractivity contribution in [2.45, 2.75) is 45.1 Å². The fourth-order valence-corrected chi connectivity index (χ4v) is 4.32. The van der Waals surface area contributed by atoms with Crippen molar-refractivity contribution in [3.63, 3.8) is 0 Å².